The molecule has 1 aromatic heterocycles. The van der Waals surface area contributed by atoms with Crippen LogP contribution in [0.1, 0.15) is 17.0 Å². The van der Waals surface area contributed by atoms with Gasteiger partial charge in [-0.25, -0.2) is 4.98 Å². The van der Waals surface area contributed by atoms with Gasteiger partial charge in [0.1, 0.15) is 6.61 Å². The van der Waals surface area contributed by atoms with Gasteiger partial charge < -0.3 is 9.64 Å². The maximum Gasteiger partial charge on any atom is 0.248 e. The minimum atomic E-state index is 0.0945. The Labute approximate surface area is 117 Å². The first-order valence-corrected chi connectivity index (χ1v) is 7.51. The summed E-state index contributed by atoms with van der Waals surface area (Å²) in [5.41, 5.74) is 3.02. The number of amides is 1. The molecule has 0 radical (unpaired) electrons. The predicted octanol–water partition coefficient (Wildman–Crippen LogP) is 0.883. The summed E-state index contributed by atoms with van der Waals surface area (Å²) < 4.78 is 5.64. The lowest BCUT2D eigenvalue weighted by Gasteiger charge is -2.45. The summed E-state index contributed by atoms with van der Waals surface area (Å²) in [5, 5.41) is 0. The summed E-state index contributed by atoms with van der Waals surface area (Å²) >= 11 is 1.71. The van der Waals surface area contributed by atoms with Crippen molar-refractivity contribution in [2.45, 2.75) is 32.0 Å². The van der Waals surface area contributed by atoms with Gasteiger partial charge in [0, 0.05) is 31.6 Å². The molecule has 2 saturated heterocycles. The van der Waals surface area contributed by atoms with Gasteiger partial charge in [0.2, 0.25) is 5.91 Å². The van der Waals surface area contributed by atoms with E-state index in [1.807, 2.05) is 17.5 Å². The highest BCUT2D eigenvalue weighted by Crippen LogP contribution is 2.25. The molecule has 0 bridgehead atoms. The number of ether oxygens (including phenoxy) is 1. The molecular formula is C13H19N3O2S. The smallest absolute Gasteiger partial charge is 0.248 e. The number of piperidine rings is 1. The largest absolute Gasteiger partial charge is 0.366 e. The van der Waals surface area contributed by atoms with Crippen LogP contribution in [0.3, 0.4) is 0 Å². The Hall–Kier alpha value is -0.980. The van der Waals surface area contributed by atoms with Gasteiger partial charge in [0.15, 0.2) is 0 Å². The lowest BCUT2D eigenvalue weighted by atomic mass is 9.99. The average Bonchev–Trinajstić information content (AvgIpc) is 2.80. The Balaban J connectivity index is 1.67. The van der Waals surface area contributed by atoms with E-state index >= 15 is 0 Å². The number of morpholine rings is 1. The average molecular weight is 281 g/mol. The van der Waals surface area contributed by atoms with E-state index in [2.05, 4.69) is 16.8 Å². The molecule has 2 atom stereocenters. The molecule has 6 heteroatoms. The maximum absolute atomic E-state index is 11.7. The van der Waals surface area contributed by atoms with Crippen molar-refractivity contribution < 1.29 is 9.53 Å². The second kappa shape index (κ2) is 5.19. The van der Waals surface area contributed by atoms with E-state index in [9.17, 15) is 4.79 Å². The number of rotatable bonds is 2. The van der Waals surface area contributed by atoms with Gasteiger partial charge >= 0.3 is 0 Å². The van der Waals surface area contributed by atoms with E-state index in [-0.39, 0.29) is 24.7 Å². The molecule has 0 saturated carbocycles. The van der Waals surface area contributed by atoms with Gasteiger partial charge in [-0.1, -0.05) is 0 Å². The van der Waals surface area contributed by atoms with Crippen LogP contribution in [0.5, 0.6) is 0 Å². The van der Waals surface area contributed by atoms with E-state index in [0.29, 0.717) is 0 Å². The summed E-state index contributed by atoms with van der Waals surface area (Å²) in [4.78, 5) is 21.6. The van der Waals surface area contributed by atoms with Crippen LogP contribution in [0, 0.1) is 6.92 Å². The number of likely N-dealkylation sites (N-methyl/N-ethyl adjacent to an activating group) is 1. The summed E-state index contributed by atoms with van der Waals surface area (Å²) in [6.45, 7) is 5.15. The van der Waals surface area contributed by atoms with Crippen LogP contribution < -0.4 is 0 Å². The lowest BCUT2D eigenvalue weighted by Crippen LogP contribution is -2.60. The van der Waals surface area contributed by atoms with Crippen molar-refractivity contribution >= 4 is 17.2 Å². The van der Waals surface area contributed by atoms with E-state index in [0.717, 1.165) is 31.7 Å². The van der Waals surface area contributed by atoms with Crippen molar-refractivity contribution in [2.24, 2.45) is 0 Å². The zero-order valence-electron chi connectivity index (χ0n) is 11.3. The molecular weight excluding hydrogens is 262 g/mol. The van der Waals surface area contributed by atoms with Gasteiger partial charge in [0.25, 0.3) is 0 Å². The third kappa shape index (κ3) is 2.52. The molecule has 0 aromatic carbocycles. The van der Waals surface area contributed by atoms with Crippen LogP contribution in [0.25, 0.3) is 0 Å². The summed E-state index contributed by atoms with van der Waals surface area (Å²) in [7, 11) is 1.89. The monoisotopic (exact) mass is 281 g/mol. The van der Waals surface area contributed by atoms with Crippen molar-refractivity contribution in [3.63, 3.8) is 0 Å². The predicted molar refractivity (Wildman–Crippen MR) is 73.0 cm³/mol. The van der Waals surface area contributed by atoms with Crippen LogP contribution in [0.15, 0.2) is 5.51 Å². The lowest BCUT2D eigenvalue weighted by molar-refractivity contribution is -0.160. The fourth-order valence-electron chi connectivity index (χ4n) is 2.83. The highest BCUT2D eigenvalue weighted by molar-refractivity contribution is 7.09. The minimum absolute atomic E-state index is 0.0945. The number of fused-ring (bicyclic) bond motifs is 1. The fraction of sp³-hybridized carbons (Fsp3) is 0.692. The van der Waals surface area contributed by atoms with E-state index in [1.165, 1.54) is 4.88 Å². The van der Waals surface area contributed by atoms with E-state index < -0.39 is 0 Å². The molecule has 0 spiro atoms. The first-order chi connectivity index (χ1) is 9.15. The first-order valence-electron chi connectivity index (χ1n) is 6.63. The molecule has 1 aromatic rings. The zero-order valence-corrected chi connectivity index (χ0v) is 12.2. The molecule has 0 unspecified atom stereocenters. The van der Waals surface area contributed by atoms with E-state index in [4.69, 9.17) is 4.74 Å². The topological polar surface area (TPSA) is 45.7 Å². The van der Waals surface area contributed by atoms with Gasteiger partial charge in [0.05, 0.1) is 23.4 Å². The van der Waals surface area contributed by atoms with E-state index in [1.54, 1.807) is 11.3 Å². The number of likely N-dealkylation sites (tertiary alicyclic amines) is 1. The number of hydrogen-bond acceptors (Lipinski definition) is 5. The van der Waals surface area contributed by atoms with Gasteiger partial charge in [-0.05, 0) is 13.3 Å². The molecule has 5 nitrogen and oxygen atoms in total. The van der Waals surface area contributed by atoms with Gasteiger partial charge in [-0.2, -0.15) is 0 Å². The van der Waals surface area contributed by atoms with Crippen molar-refractivity contribution in [3.05, 3.63) is 16.1 Å². The molecule has 0 aliphatic carbocycles. The van der Waals surface area contributed by atoms with Gasteiger partial charge in [-0.15, -0.1) is 11.3 Å². The second-order valence-corrected chi connectivity index (χ2v) is 6.25. The number of carbonyl (C=O) groups is 1. The summed E-state index contributed by atoms with van der Waals surface area (Å²) in [6.07, 6.45) is 1.21. The Bertz CT molecular complexity index is 476. The third-order valence-electron chi connectivity index (χ3n) is 4.13. The number of hydrogen-bond donors (Lipinski definition) is 0. The van der Waals surface area contributed by atoms with Crippen LogP contribution in [0.4, 0.5) is 0 Å². The number of aromatic nitrogens is 1. The summed E-state index contributed by atoms with van der Waals surface area (Å²) in [5.74, 6) is 0.0945. The van der Waals surface area contributed by atoms with Crippen molar-refractivity contribution in [3.8, 4) is 0 Å². The van der Waals surface area contributed by atoms with Gasteiger partial charge in [-0.3, -0.25) is 9.69 Å². The fourth-order valence-corrected chi connectivity index (χ4v) is 3.65. The Kier molecular flexibility index (Phi) is 3.56. The van der Waals surface area contributed by atoms with Crippen molar-refractivity contribution in [2.75, 3.05) is 26.7 Å². The minimum Gasteiger partial charge on any atom is -0.366 e. The summed E-state index contributed by atoms with van der Waals surface area (Å²) in [6, 6.07) is 0.197. The van der Waals surface area contributed by atoms with Crippen molar-refractivity contribution in [1.29, 1.82) is 0 Å². The molecule has 1 amide bonds. The zero-order chi connectivity index (χ0) is 13.4. The number of carbonyl (C=O) groups excluding carboxylic acids is 1. The standard InChI is InChI=1S/C13H19N3O2S/c1-9-12(19-8-14-9)6-16-4-3-11-10(5-16)15(2)13(17)7-18-11/h8,10-11H,3-7H2,1-2H3/t10-,11+/m0/s1. The molecule has 2 aliphatic heterocycles. The van der Waals surface area contributed by atoms with Crippen LogP contribution in [-0.4, -0.2) is 59.6 Å². The SMILES string of the molecule is Cc1ncsc1CN1CC[C@H]2OCC(=O)N(C)[C@H]2C1. The molecule has 2 aliphatic rings. The van der Waals surface area contributed by atoms with Crippen LogP contribution in [0.2, 0.25) is 0 Å². The Morgan fingerprint density at radius 1 is 1.58 bits per heavy atom. The van der Waals surface area contributed by atoms with Crippen LogP contribution in [-0.2, 0) is 16.1 Å². The molecule has 3 rings (SSSR count). The second-order valence-electron chi connectivity index (χ2n) is 5.31. The van der Waals surface area contributed by atoms with Crippen molar-refractivity contribution in [1.82, 2.24) is 14.8 Å². The number of aryl methyl sites for hydroxylation is 1. The Morgan fingerprint density at radius 3 is 3.16 bits per heavy atom. The Morgan fingerprint density at radius 2 is 2.42 bits per heavy atom. The number of thiazole rings is 1. The molecule has 0 N–H and O–H groups in total. The first kappa shape index (κ1) is 13.0. The number of nitrogens with zero attached hydrogens (tertiary/aromatic N) is 3. The maximum atomic E-state index is 11.7. The molecule has 3 heterocycles. The quantitative estimate of drug-likeness (QED) is 0.807. The molecule has 19 heavy (non-hydrogen) atoms. The molecule has 104 valence electrons. The third-order valence-corrected chi connectivity index (χ3v) is 5.05. The normalized spacial score (nSPS) is 28.5. The molecule has 2 fully saturated rings. The highest BCUT2D eigenvalue weighted by atomic mass is 32.1. The highest BCUT2D eigenvalue weighted by Gasteiger charge is 2.38. The van der Waals surface area contributed by atoms with Crippen LogP contribution >= 0.6 is 11.3 Å².